The minimum Gasteiger partial charge on any atom is -0.100 e. The lowest BCUT2D eigenvalue weighted by Crippen LogP contribution is -1.87. The van der Waals surface area contributed by atoms with Crippen LogP contribution in [0.1, 0.15) is 178 Å². The first-order valence-corrected chi connectivity index (χ1v) is 14.5. The molecule has 0 aliphatic rings. The topological polar surface area (TPSA) is 0 Å². The second kappa shape index (κ2) is 37.1. The number of hydrogen-bond donors (Lipinski definition) is 0. The van der Waals surface area contributed by atoms with Crippen molar-refractivity contribution in [1.29, 1.82) is 0 Å². The second-order valence-electron chi connectivity index (χ2n) is 10.0. The molecule has 0 aromatic rings. The van der Waals surface area contributed by atoms with Gasteiger partial charge in [0.1, 0.15) is 0 Å². The van der Waals surface area contributed by atoms with Crippen LogP contribution in [-0.2, 0) is 0 Å². The first-order valence-electron chi connectivity index (χ1n) is 14.5. The lowest BCUT2D eigenvalue weighted by Gasteiger charge is -2.04. The molecule has 0 aromatic carbocycles. The summed E-state index contributed by atoms with van der Waals surface area (Å²) in [5.41, 5.74) is 1.30. The smallest absolute Gasteiger partial charge is 0.0323 e. The van der Waals surface area contributed by atoms with Gasteiger partial charge in [-0.05, 0) is 31.6 Å². The summed E-state index contributed by atoms with van der Waals surface area (Å²) in [5.74, 6) is 1.73. The first-order chi connectivity index (χ1) is 14.8. The van der Waals surface area contributed by atoms with Crippen LogP contribution in [0.15, 0.2) is 12.2 Å². The molecule has 0 aliphatic heterocycles. The highest BCUT2D eigenvalue weighted by molar-refractivity contribution is 4.87. The monoisotopic (exact) mass is 441 g/mol. The van der Waals surface area contributed by atoms with Crippen molar-refractivity contribution < 1.29 is 0 Å². The van der Waals surface area contributed by atoms with Gasteiger partial charge < -0.3 is 0 Å². The predicted molar refractivity (Wildman–Crippen MR) is 151 cm³/mol. The zero-order chi connectivity index (χ0) is 24.8. The second-order valence-corrected chi connectivity index (χ2v) is 10.0. The van der Waals surface area contributed by atoms with E-state index in [0.29, 0.717) is 0 Å². The molecule has 192 valence electrons. The van der Waals surface area contributed by atoms with Crippen molar-refractivity contribution in [2.24, 2.45) is 11.8 Å². The largest absolute Gasteiger partial charge is 0.100 e. The molecule has 0 radical (unpaired) electrons. The average Bonchev–Trinajstić information content (AvgIpc) is 2.72. The van der Waals surface area contributed by atoms with E-state index in [1.165, 1.54) is 115 Å². The van der Waals surface area contributed by atoms with Crippen LogP contribution in [0.2, 0.25) is 0 Å². The lowest BCUT2D eigenvalue weighted by molar-refractivity contribution is 0.503. The molecule has 0 fully saturated rings. The molecule has 0 amide bonds. The van der Waals surface area contributed by atoms with Crippen LogP contribution in [0.5, 0.6) is 0 Å². The van der Waals surface area contributed by atoms with Crippen molar-refractivity contribution in [3.63, 3.8) is 0 Å². The zero-order valence-corrected chi connectivity index (χ0v) is 24.4. The van der Waals surface area contributed by atoms with Gasteiger partial charge >= 0.3 is 0 Å². The third-order valence-electron chi connectivity index (χ3n) is 5.03. The Morgan fingerprint density at radius 2 is 0.839 bits per heavy atom. The van der Waals surface area contributed by atoms with Gasteiger partial charge in [0.15, 0.2) is 0 Å². The highest BCUT2D eigenvalue weighted by atomic mass is 14.0. The van der Waals surface area contributed by atoms with Crippen molar-refractivity contribution in [2.45, 2.75) is 178 Å². The maximum absolute atomic E-state index is 3.83. The summed E-state index contributed by atoms with van der Waals surface area (Å²) < 4.78 is 0. The molecule has 0 spiro atoms. The number of rotatable bonds is 17. The van der Waals surface area contributed by atoms with Crippen LogP contribution < -0.4 is 0 Å². The lowest BCUT2D eigenvalue weighted by atomic mass is 10.0. The number of allylic oxidation sites excluding steroid dienone is 1. The summed E-state index contributed by atoms with van der Waals surface area (Å²) in [7, 11) is 0. The molecule has 0 atom stereocenters. The van der Waals surface area contributed by atoms with Gasteiger partial charge in [-0.15, -0.1) is 6.58 Å². The van der Waals surface area contributed by atoms with Crippen LogP contribution in [0.3, 0.4) is 0 Å². The standard InChI is InChI=1S/C18H38.C8H16.C3H8.C2H6/c1-4-5-6-7-8-9-10-11-12-13-14-15-16-17-18(2)3;1-7(2)5-6-8(3)4;1-3-2;1-2/h18H,4-17H2,1-3H3;8H,1,5-6H2,2-4H3;3H2,1-2H3;1-2H3. The molecule has 0 heteroatoms. The Morgan fingerprint density at radius 1 is 0.548 bits per heavy atom. The van der Waals surface area contributed by atoms with Crippen molar-refractivity contribution in [1.82, 2.24) is 0 Å². The fourth-order valence-electron chi connectivity index (χ4n) is 3.11. The molecule has 31 heavy (non-hydrogen) atoms. The van der Waals surface area contributed by atoms with E-state index in [2.05, 4.69) is 62.0 Å². The van der Waals surface area contributed by atoms with Gasteiger partial charge in [0.25, 0.3) is 0 Å². The van der Waals surface area contributed by atoms with E-state index in [-0.39, 0.29) is 0 Å². The van der Waals surface area contributed by atoms with E-state index in [0.717, 1.165) is 11.8 Å². The van der Waals surface area contributed by atoms with Crippen molar-refractivity contribution in [2.75, 3.05) is 0 Å². The molecule has 0 aliphatic carbocycles. The summed E-state index contributed by atoms with van der Waals surface area (Å²) >= 11 is 0. The van der Waals surface area contributed by atoms with Crippen LogP contribution in [0.25, 0.3) is 0 Å². The highest BCUT2D eigenvalue weighted by Crippen LogP contribution is 2.14. The first kappa shape index (κ1) is 38.0. The van der Waals surface area contributed by atoms with E-state index < -0.39 is 0 Å². The molecule has 0 bridgehead atoms. The van der Waals surface area contributed by atoms with Gasteiger partial charge in [-0.1, -0.05) is 164 Å². The van der Waals surface area contributed by atoms with Crippen LogP contribution in [-0.4, -0.2) is 0 Å². The number of hydrogen-bond acceptors (Lipinski definition) is 0. The van der Waals surface area contributed by atoms with Crippen LogP contribution in [0.4, 0.5) is 0 Å². The Kier molecular flexibility index (Phi) is 45.5. The fraction of sp³-hybridized carbons (Fsp3) is 0.935. The van der Waals surface area contributed by atoms with E-state index in [1.54, 1.807) is 0 Å². The van der Waals surface area contributed by atoms with Crippen molar-refractivity contribution in [3.05, 3.63) is 12.2 Å². The molecular formula is C31H68. The van der Waals surface area contributed by atoms with E-state index >= 15 is 0 Å². The highest BCUT2D eigenvalue weighted by Gasteiger charge is 1.95. The Hall–Kier alpha value is -0.260. The van der Waals surface area contributed by atoms with Crippen molar-refractivity contribution in [3.8, 4) is 0 Å². The van der Waals surface area contributed by atoms with E-state index in [4.69, 9.17) is 0 Å². The SMILES string of the molecule is C=C(C)CCC(C)C.CC.CCC.CCCCCCCCCCCCCCCC(C)C. The van der Waals surface area contributed by atoms with E-state index in [1.807, 2.05) is 13.8 Å². The summed E-state index contributed by atoms with van der Waals surface area (Å²) in [5, 5.41) is 0. The molecule has 0 nitrogen and oxygen atoms in total. The molecule has 0 saturated heterocycles. The summed E-state index contributed by atoms with van der Waals surface area (Å²) in [6, 6.07) is 0. The van der Waals surface area contributed by atoms with Crippen LogP contribution in [0, 0.1) is 11.8 Å². The Morgan fingerprint density at radius 3 is 1.06 bits per heavy atom. The third kappa shape index (κ3) is 58.7. The molecule has 0 N–H and O–H groups in total. The normalized spacial score (nSPS) is 9.94. The summed E-state index contributed by atoms with van der Waals surface area (Å²) in [6.45, 7) is 25.6. The number of unbranched alkanes of at least 4 members (excludes halogenated alkanes) is 12. The van der Waals surface area contributed by atoms with E-state index in [9.17, 15) is 0 Å². The molecule has 0 unspecified atom stereocenters. The maximum atomic E-state index is 3.83. The maximum Gasteiger partial charge on any atom is -0.0323 e. The van der Waals surface area contributed by atoms with Gasteiger partial charge in [-0.25, -0.2) is 0 Å². The Labute approximate surface area is 202 Å². The van der Waals surface area contributed by atoms with Gasteiger partial charge in [0.2, 0.25) is 0 Å². The third-order valence-corrected chi connectivity index (χ3v) is 5.03. The molecular weight excluding hydrogens is 372 g/mol. The zero-order valence-electron chi connectivity index (χ0n) is 24.4. The average molecular weight is 441 g/mol. The van der Waals surface area contributed by atoms with Crippen LogP contribution >= 0.6 is 0 Å². The van der Waals surface area contributed by atoms with Gasteiger partial charge in [-0.3, -0.25) is 0 Å². The van der Waals surface area contributed by atoms with Gasteiger partial charge in [-0.2, -0.15) is 0 Å². The van der Waals surface area contributed by atoms with Gasteiger partial charge in [0.05, 0.1) is 0 Å². The Bertz CT molecular complexity index is 274. The molecule has 0 aromatic heterocycles. The summed E-state index contributed by atoms with van der Waals surface area (Å²) in [4.78, 5) is 0. The molecule has 0 saturated carbocycles. The van der Waals surface area contributed by atoms with Gasteiger partial charge in [0, 0.05) is 0 Å². The molecule has 0 rings (SSSR count). The summed E-state index contributed by atoms with van der Waals surface area (Å²) in [6.07, 6.45) is 24.2. The molecule has 0 heterocycles. The predicted octanol–water partition coefficient (Wildman–Crippen LogP) is 12.6. The fourth-order valence-corrected chi connectivity index (χ4v) is 3.11. The van der Waals surface area contributed by atoms with Crippen molar-refractivity contribution >= 4 is 0 Å². The minimum atomic E-state index is 0.826. The minimum absolute atomic E-state index is 0.826. The quantitative estimate of drug-likeness (QED) is 0.156. The Balaban J connectivity index is -0.000000232.